The Morgan fingerprint density at radius 2 is 2.10 bits per heavy atom. The summed E-state index contributed by atoms with van der Waals surface area (Å²) in [6, 6.07) is 7.78. The normalized spacial score (nSPS) is 15.0. The number of aryl methyl sites for hydroxylation is 2. The number of aromatic nitrogens is 4. The van der Waals surface area contributed by atoms with Gasteiger partial charge in [-0.3, -0.25) is 14.7 Å². The van der Waals surface area contributed by atoms with E-state index in [1.54, 1.807) is 29.1 Å². The zero-order valence-corrected chi connectivity index (χ0v) is 18.9. The van der Waals surface area contributed by atoms with Crippen molar-refractivity contribution < 1.29 is 9.53 Å². The van der Waals surface area contributed by atoms with E-state index in [0.29, 0.717) is 16.7 Å². The van der Waals surface area contributed by atoms with E-state index in [0.717, 1.165) is 46.5 Å². The molecule has 2 aromatic heterocycles. The quantitative estimate of drug-likeness (QED) is 0.417. The average molecular weight is 436 g/mol. The lowest BCUT2D eigenvalue weighted by atomic mass is 10.00. The summed E-state index contributed by atoms with van der Waals surface area (Å²) in [7, 11) is 0. The Labute approximate surface area is 186 Å². The maximum Gasteiger partial charge on any atom is 0.247 e. The minimum absolute atomic E-state index is 0.139. The zero-order valence-electron chi connectivity index (χ0n) is 18.1. The van der Waals surface area contributed by atoms with Crippen LogP contribution in [0.3, 0.4) is 0 Å². The molecule has 3 heterocycles. The number of fused-ring (bicyclic) bond motifs is 3. The Bertz CT molecular complexity index is 1110. The van der Waals surface area contributed by atoms with Gasteiger partial charge in [0.1, 0.15) is 0 Å². The van der Waals surface area contributed by atoms with Crippen LogP contribution in [0.25, 0.3) is 11.3 Å². The van der Waals surface area contributed by atoms with Crippen LogP contribution in [0, 0.1) is 13.8 Å². The maximum atomic E-state index is 12.9. The molecule has 7 nitrogen and oxygen atoms in total. The van der Waals surface area contributed by atoms with Gasteiger partial charge in [-0.25, -0.2) is 0 Å². The molecule has 1 aliphatic heterocycles. The molecule has 0 saturated carbocycles. The molecule has 1 aromatic carbocycles. The van der Waals surface area contributed by atoms with E-state index in [-0.39, 0.29) is 5.91 Å². The highest BCUT2D eigenvalue weighted by Crippen LogP contribution is 2.45. The first kappa shape index (κ1) is 21.2. The van der Waals surface area contributed by atoms with Gasteiger partial charge >= 0.3 is 0 Å². The van der Waals surface area contributed by atoms with Crippen LogP contribution in [0.2, 0.25) is 0 Å². The van der Waals surface area contributed by atoms with Crippen LogP contribution in [0.5, 0.6) is 5.88 Å². The van der Waals surface area contributed by atoms with Gasteiger partial charge in [0.2, 0.25) is 23.2 Å². The van der Waals surface area contributed by atoms with Crippen molar-refractivity contribution in [2.24, 2.45) is 0 Å². The topological polar surface area (TPSA) is 81.1 Å². The predicted molar refractivity (Wildman–Crippen MR) is 121 cm³/mol. The number of rotatable bonds is 5. The molecular weight excluding hydrogens is 410 g/mol. The molecule has 31 heavy (non-hydrogen) atoms. The Morgan fingerprint density at radius 3 is 2.81 bits per heavy atom. The number of anilines is 1. The van der Waals surface area contributed by atoms with E-state index in [9.17, 15) is 4.79 Å². The van der Waals surface area contributed by atoms with Gasteiger partial charge in [0.05, 0.1) is 5.69 Å². The Morgan fingerprint density at radius 1 is 1.26 bits per heavy atom. The van der Waals surface area contributed by atoms with E-state index in [4.69, 9.17) is 4.74 Å². The number of thioether (sulfide) groups is 1. The number of ether oxygens (including phenoxy) is 1. The Kier molecular flexibility index (Phi) is 6.18. The molecule has 0 saturated heterocycles. The van der Waals surface area contributed by atoms with E-state index in [2.05, 4.69) is 33.2 Å². The van der Waals surface area contributed by atoms with Crippen molar-refractivity contribution in [3.8, 4) is 17.1 Å². The summed E-state index contributed by atoms with van der Waals surface area (Å²) in [6.07, 6.45) is 4.87. The van der Waals surface area contributed by atoms with Gasteiger partial charge in [-0.1, -0.05) is 42.8 Å². The highest BCUT2D eigenvalue weighted by molar-refractivity contribution is 7.99. The summed E-state index contributed by atoms with van der Waals surface area (Å²) in [5, 5.41) is 9.40. The third-order valence-corrected chi connectivity index (χ3v) is 6.00. The van der Waals surface area contributed by atoms with Gasteiger partial charge in [0, 0.05) is 36.2 Å². The number of amides is 1. The minimum Gasteiger partial charge on any atom is -0.447 e. The highest BCUT2D eigenvalue weighted by atomic mass is 32.2. The van der Waals surface area contributed by atoms with E-state index in [1.165, 1.54) is 6.92 Å². The smallest absolute Gasteiger partial charge is 0.247 e. The van der Waals surface area contributed by atoms with Crippen molar-refractivity contribution in [1.82, 2.24) is 20.2 Å². The molecule has 8 heteroatoms. The van der Waals surface area contributed by atoms with Gasteiger partial charge < -0.3 is 4.74 Å². The molecule has 0 spiro atoms. The van der Waals surface area contributed by atoms with Gasteiger partial charge in [0.15, 0.2) is 5.69 Å². The largest absolute Gasteiger partial charge is 0.447 e. The number of pyridine rings is 1. The molecule has 0 radical (unpaired) electrons. The van der Waals surface area contributed by atoms with E-state index in [1.807, 2.05) is 32.0 Å². The first-order valence-electron chi connectivity index (χ1n) is 10.3. The third kappa shape index (κ3) is 4.25. The number of hydrogen-bond acceptors (Lipinski definition) is 7. The summed E-state index contributed by atoms with van der Waals surface area (Å²) >= 11 is 1.56. The Balaban J connectivity index is 1.92. The van der Waals surface area contributed by atoms with Gasteiger partial charge in [-0.2, -0.15) is 4.98 Å². The number of benzene rings is 1. The SMILES string of the molecule is CCCCSc1nnc2c(n1)O[C@@H](c1cccnc1)N(C(C)=O)c1c(C)cc(C)cc1-2. The van der Waals surface area contributed by atoms with Crippen LogP contribution in [-0.2, 0) is 4.79 Å². The summed E-state index contributed by atoms with van der Waals surface area (Å²) < 4.78 is 6.38. The molecule has 1 amide bonds. The fourth-order valence-electron chi connectivity index (χ4n) is 3.72. The van der Waals surface area contributed by atoms with Crippen LogP contribution >= 0.6 is 11.8 Å². The standard InChI is InChI=1S/C23H25N5O2S/c1-5-6-10-31-23-25-21-19(26-27-23)18-12-14(2)11-15(3)20(18)28(16(4)29)22(30-21)17-8-7-9-24-13-17/h7-9,11-13,22H,5-6,10H2,1-4H3/t22-/m0/s1. The van der Waals surface area contributed by atoms with Crippen LogP contribution in [-0.4, -0.2) is 31.8 Å². The molecule has 0 aliphatic carbocycles. The second-order valence-electron chi connectivity index (χ2n) is 7.57. The molecule has 160 valence electrons. The van der Waals surface area contributed by atoms with Crippen LogP contribution < -0.4 is 9.64 Å². The molecule has 0 unspecified atom stereocenters. The van der Waals surface area contributed by atoms with Gasteiger partial charge in [0.25, 0.3) is 0 Å². The number of nitrogens with zero attached hydrogens (tertiary/aromatic N) is 5. The second kappa shape index (κ2) is 9.01. The van der Waals surface area contributed by atoms with Crippen molar-refractivity contribution in [2.45, 2.75) is 51.9 Å². The molecule has 3 aromatic rings. The number of hydrogen-bond donors (Lipinski definition) is 0. The molecule has 0 N–H and O–H groups in total. The lowest BCUT2D eigenvalue weighted by molar-refractivity contribution is -0.118. The predicted octanol–water partition coefficient (Wildman–Crippen LogP) is 4.89. The van der Waals surface area contributed by atoms with Crippen LogP contribution in [0.4, 0.5) is 5.69 Å². The van der Waals surface area contributed by atoms with Crippen molar-refractivity contribution in [3.05, 3.63) is 53.3 Å². The molecule has 1 atom stereocenters. The zero-order chi connectivity index (χ0) is 22.0. The van der Waals surface area contributed by atoms with Crippen molar-refractivity contribution in [3.63, 3.8) is 0 Å². The average Bonchev–Trinajstić information content (AvgIpc) is 2.89. The molecule has 0 fully saturated rings. The monoisotopic (exact) mass is 435 g/mol. The fraction of sp³-hybridized carbons (Fsp3) is 0.348. The molecular formula is C23H25N5O2S. The number of unbranched alkanes of at least 4 members (excludes halogenated alkanes) is 1. The van der Waals surface area contributed by atoms with Crippen molar-refractivity contribution in [1.29, 1.82) is 0 Å². The first-order valence-corrected chi connectivity index (χ1v) is 11.3. The molecule has 4 rings (SSSR count). The maximum absolute atomic E-state index is 12.9. The first-order chi connectivity index (χ1) is 15.0. The van der Waals surface area contributed by atoms with E-state index >= 15 is 0 Å². The van der Waals surface area contributed by atoms with Crippen LogP contribution in [0.15, 0.2) is 41.8 Å². The highest BCUT2D eigenvalue weighted by Gasteiger charge is 2.35. The number of carbonyl (C=O) groups is 1. The molecule has 1 aliphatic rings. The lowest BCUT2D eigenvalue weighted by Gasteiger charge is -2.30. The summed E-state index contributed by atoms with van der Waals surface area (Å²) in [4.78, 5) is 23.5. The van der Waals surface area contributed by atoms with E-state index < -0.39 is 6.23 Å². The third-order valence-electron chi connectivity index (χ3n) is 5.07. The lowest BCUT2D eigenvalue weighted by Crippen LogP contribution is -2.36. The fourth-order valence-corrected chi connectivity index (χ4v) is 4.58. The van der Waals surface area contributed by atoms with Crippen molar-refractivity contribution in [2.75, 3.05) is 10.7 Å². The van der Waals surface area contributed by atoms with Gasteiger partial charge in [-0.15, -0.1) is 10.2 Å². The second-order valence-corrected chi connectivity index (χ2v) is 8.64. The number of carbonyl (C=O) groups excluding carboxylic acids is 1. The summed E-state index contributed by atoms with van der Waals surface area (Å²) in [5.74, 6) is 1.15. The molecule has 0 bridgehead atoms. The minimum atomic E-state index is -0.710. The van der Waals surface area contributed by atoms with Crippen LogP contribution in [0.1, 0.15) is 49.6 Å². The Hall–Kier alpha value is -3.00. The van der Waals surface area contributed by atoms with Gasteiger partial charge in [-0.05, 0) is 38.0 Å². The summed E-state index contributed by atoms with van der Waals surface area (Å²) in [5.41, 5.74) is 4.87. The van der Waals surface area contributed by atoms with Crippen molar-refractivity contribution >= 4 is 23.4 Å². The summed E-state index contributed by atoms with van der Waals surface area (Å²) in [6.45, 7) is 7.70.